The number of carbonyl (C=O) groups is 2. The summed E-state index contributed by atoms with van der Waals surface area (Å²) >= 11 is 7.54. The molecule has 0 bridgehead atoms. The normalized spacial score (nSPS) is 15.4. The van der Waals surface area contributed by atoms with Crippen molar-refractivity contribution in [3.05, 3.63) is 70.1 Å². The fourth-order valence-corrected chi connectivity index (χ4v) is 5.03. The van der Waals surface area contributed by atoms with Gasteiger partial charge in [-0.15, -0.1) is 0 Å². The van der Waals surface area contributed by atoms with E-state index in [-0.39, 0.29) is 22.8 Å². The number of anilines is 1. The largest absolute Gasteiger partial charge is 0.472 e. The van der Waals surface area contributed by atoms with E-state index in [1.165, 1.54) is 23.9 Å². The quantitative estimate of drug-likeness (QED) is 0.414. The number of carbonyl (C=O) groups excluding carboxylic acids is 2. The maximum absolute atomic E-state index is 13.7. The molecule has 2 aromatic carbocycles. The molecule has 11 heteroatoms. The number of amides is 1. The first kappa shape index (κ1) is 25.9. The van der Waals surface area contributed by atoms with Crippen molar-refractivity contribution < 1.29 is 18.7 Å². The van der Waals surface area contributed by atoms with Gasteiger partial charge in [-0.25, -0.2) is 9.37 Å². The van der Waals surface area contributed by atoms with Crippen molar-refractivity contribution in [1.29, 1.82) is 0 Å². The average Bonchev–Trinajstić information content (AvgIpc) is 3.35. The van der Waals surface area contributed by atoms with Crippen LogP contribution in [0.3, 0.4) is 0 Å². The summed E-state index contributed by atoms with van der Waals surface area (Å²) in [4.78, 5) is 37.5. The standard InChI is InChI=1S/C25H25ClFN5O3S/c1-31(2)17-7-8-32(12-17)25-29-11-22(36-18-4-5-19(23(28)34)20(26)10-18)24(30-25)35-14-15-3-6-21(27)16(9-15)13-33/h3-6,9-11,13,17H,7-8,12,14H2,1-2H3,(H2,28,34)/t17-/m1/s1. The van der Waals surface area contributed by atoms with Gasteiger partial charge >= 0.3 is 0 Å². The number of ether oxygens (including phenoxy) is 1. The molecule has 188 valence electrons. The summed E-state index contributed by atoms with van der Waals surface area (Å²) in [6.07, 6.45) is 3.15. The average molecular weight is 530 g/mol. The van der Waals surface area contributed by atoms with Crippen LogP contribution >= 0.6 is 23.4 Å². The molecule has 8 nitrogen and oxygen atoms in total. The molecule has 2 heterocycles. The maximum atomic E-state index is 13.7. The summed E-state index contributed by atoms with van der Waals surface area (Å²) in [7, 11) is 4.10. The Bertz CT molecular complexity index is 1290. The molecule has 3 aromatic rings. The Balaban J connectivity index is 1.61. The van der Waals surface area contributed by atoms with Crippen molar-refractivity contribution >= 4 is 41.5 Å². The SMILES string of the molecule is CN(C)[C@@H]1CCN(c2ncc(Sc3ccc(C(N)=O)c(Cl)c3)c(OCc3ccc(F)c(C=O)c3)n2)C1. The van der Waals surface area contributed by atoms with Crippen molar-refractivity contribution in [3.8, 4) is 5.88 Å². The minimum atomic E-state index is -0.608. The van der Waals surface area contributed by atoms with E-state index in [4.69, 9.17) is 27.1 Å². The highest BCUT2D eigenvalue weighted by Crippen LogP contribution is 2.36. The number of aldehydes is 1. The van der Waals surface area contributed by atoms with Gasteiger partial charge in [0.1, 0.15) is 12.4 Å². The van der Waals surface area contributed by atoms with Crippen molar-refractivity contribution in [2.75, 3.05) is 32.1 Å². The molecule has 1 aromatic heterocycles. The van der Waals surface area contributed by atoms with E-state index >= 15 is 0 Å². The lowest BCUT2D eigenvalue weighted by atomic mass is 10.1. The molecule has 1 aliphatic rings. The van der Waals surface area contributed by atoms with Crippen LogP contribution in [0.5, 0.6) is 5.88 Å². The van der Waals surface area contributed by atoms with E-state index in [0.717, 1.165) is 24.4 Å². The monoisotopic (exact) mass is 529 g/mol. The number of hydrogen-bond acceptors (Lipinski definition) is 8. The first-order valence-corrected chi connectivity index (χ1v) is 12.4. The smallest absolute Gasteiger partial charge is 0.250 e. The van der Waals surface area contributed by atoms with Crippen LogP contribution in [0, 0.1) is 5.82 Å². The van der Waals surface area contributed by atoms with Crippen LogP contribution in [0.4, 0.5) is 10.3 Å². The zero-order valence-corrected chi connectivity index (χ0v) is 21.4. The Labute approximate surface area is 217 Å². The minimum absolute atomic E-state index is 0.0370. The molecule has 2 N–H and O–H groups in total. The van der Waals surface area contributed by atoms with Gasteiger partial charge in [0.15, 0.2) is 6.29 Å². The fourth-order valence-electron chi connectivity index (χ4n) is 3.83. The van der Waals surface area contributed by atoms with Gasteiger partial charge in [0, 0.05) is 24.0 Å². The second-order valence-corrected chi connectivity index (χ2v) is 10.1. The molecule has 36 heavy (non-hydrogen) atoms. The molecule has 0 saturated carbocycles. The van der Waals surface area contributed by atoms with Crippen LogP contribution in [-0.4, -0.2) is 60.3 Å². The first-order chi connectivity index (χ1) is 17.2. The summed E-state index contributed by atoms with van der Waals surface area (Å²) in [5.41, 5.74) is 6.17. The van der Waals surface area contributed by atoms with Gasteiger partial charge in [0.05, 0.1) is 27.2 Å². The zero-order valence-electron chi connectivity index (χ0n) is 19.8. The highest BCUT2D eigenvalue weighted by Gasteiger charge is 2.26. The Kier molecular flexibility index (Phi) is 8.07. The van der Waals surface area contributed by atoms with E-state index in [1.54, 1.807) is 30.5 Å². The molecular weight excluding hydrogens is 505 g/mol. The van der Waals surface area contributed by atoms with Gasteiger partial charge in [-0.2, -0.15) is 4.98 Å². The lowest BCUT2D eigenvalue weighted by Gasteiger charge is -2.21. The highest BCUT2D eigenvalue weighted by atomic mass is 35.5. The van der Waals surface area contributed by atoms with Crippen LogP contribution in [0.25, 0.3) is 0 Å². The Morgan fingerprint density at radius 1 is 1.33 bits per heavy atom. The number of halogens is 2. The number of likely N-dealkylation sites (N-methyl/N-ethyl adjacent to an activating group) is 1. The topological polar surface area (TPSA) is 102 Å². The van der Waals surface area contributed by atoms with Crippen molar-refractivity contribution in [1.82, 2.24) is 14.9 Å². The Morgan fingerprint density at radius 2 is 2.14 bits per heavy atom. The van der Waals surface area contributed by atoms with Gasteiger partial charge in [-0.05, 0) is 56.4 Å². The number of nitrogens with two attached hydrogens (primary N) is 1. The molecule has 1 saturated heterocycles. The molecule has 1 atom stereocenters. The molecule has 0 unspecified atom stereocenters. The van der Waals surface area contributed by atoms with Gasteiger partial charge in [-0.1, -0.05) is 29.4 Å². The Hall–Kier alpha value is -3.21. The van der Waals surface area contributed by atoms with E-state index in [1.807, 2.05) is 14.1 Å². The lowest BCUT2D eigenvalue weighted by Crippen LogP contribution is -2.32. The molecule has 1 amide bonds. The van der Waals surface area contributed by atoms with Crippen LogP contribution in [0.15, 0.2) is 52.4 Å². The van der Waals surface area contributed by atoms with E-state index in [0.29, 0.717) is 34.6 Å². The molecule has 0 spiro atoms. The van der Waals surface area contributed by atoms with E-state index in [9.17, 15) is 14.0 Å². The van der Waals surface area contributed by atoms with Crippen LogP contribution in [0.1, 0.15) is 32.7 Å². The van der Waals surface area contributed by atoms with Crippen LogP contribution in [-0.2, 0) is 6.61 Å². The number of hydrogen-bond donors (Lipinski definition) is 1. The molecule has 4 rings (SSSR count). The lowest BCUT2D eigenvalue weighted by molar-refractivity contribution is 0.1000. The zero-order chi connectivity index (χ0) is 25.8. The van der Waals surface area contributed by atoms with E-state index in [2.05, 4.69) is 14.8 Å². The first-order valence-electron chi connectivity index (χ1n) is 11.2. The summed E-state index contributed by atoms with van der Waals surface area (Å²) < 4.78 is 19.8. The van der Waals surface area contributed by atoms with Gasteiger partial charge < -0.3 is 20.3 Å². The maximum Gasteiger partial charge on any atom is 0.250 e. The molecule has 0 radical (unpaired) electrons. The van der Waals surface area contributed by atoms with Crippen molar-refractivity contribution in [2.24, 2.45) is 5.73 Å². The van der Waals surface area contributed by atoms with Crippen molar-refractivity contribution in [3.63, 3.8) is 0 Å². The molecule has 0 aliphatic carbocycles. The minimum Gasteiger partial charge on any atom is -0.472 e. The fraction of sp³-hybridized carbons (Fsp3) is 0.280. The Morgan fingerprint density at radius 3 is 2.81 bits per heavy atom. The second kappa shape index (κ2) is 11.2. The van der Waals surface area contributed by atoms with Crippen molar-refractivity contribution in [2.45, 2.75) is 28.9 Å². The predicted molar refractivity (Wildman–Crippen MR) is 137 cm³/mol. The second-order valence-electron chi connectivity index (χ2n) is 8.56. The third-order valence-corrected chi connectivity index (χ3v) is 7.19. The summed E-state index contributed by atoms with van der Waals surface area (Å²) in [6.45, 7) is 1.69. The van der Waals surface area contributed by atoms with Crippen LogP contribution < -0.4 is 15.4 Å². The number of aromatic nitrogens is 2. The number of nitrogens with zero attached hydrogens (tertiary/aromatic N) is 4. The van der Waals surface area contributed by atoms with Crippen LogP contribution in [0.2, 0.25) is 5.02 Å². The van der Waals surface area contributed by atoms with Gasteiger partial charge in [-0.3, -0.25) is 9.59 Å². The summed E-state index contributed by atoms with van der Waals surface area (Å²) in [6, 6.07) is 9.57. The van der Waals surface area contributed by atoms with Gasteiger partial charge in [0.2, 0.25) is 17.7 Å². The van der Waals surface area contributed by atoms with Gasteiger partial charge in [0.25, 0.3) is 0 Å². The number of rotatable bonds is 9. The van der Waals surface area contributed by atoms with E-state index < -0.39 is 11.7 Å². The number of benzene rings is 2. The summed E-state index contributed by atoms with van der Waals surface area (Å²) in [5, 5.41) is 0.243. The molecule has 1 aliphatic heterocycles. The summed E-state index contributed by atoms with van der Waals surface area (Å²) in [5.74, 6) is -0.308. The predicted octanol–water partition coefficient (Wildman–Crippen LogP) is 4.05. The number of primary amides is 1. The third kappa shape index (κ3) is 5.95. The molecule has 1 fully saturated rings. The highest BCUT2D eigenvalue weighted by molar-refractivity contribution is 7.99. The third-order valence-electron chi connectivity index (χ3n) is 5.88. The molecular formula is C25H25ClFN5O3S.